The molecule has 1 saturated carbocycles. The molecule has 2 aliphatic rings. The molecule has 0 spiro atoms. The van der Waals surface area contributed by atoms with Gasteiger partial charge in [-0.15, -0.1) is 0 Å². The molecule has 0 amide bonds. The molecule has 2 fully saturated rings. The average molecular weight is 325 g/mol. The van der Waals surface area contributed by atoms with Gasteiger partial charge in [-0.25, -0.2) is 8.42 Å². The molecule has 2 unspecified atom stereocenters. The van der Waals surface area contributed by atoms with E-state index in [0.717, 1.165) is 19.3 Å². The fourth-order valence-corrected chi connectivity index (χ4v) is 5.50. The molecular weight excluding hydrogens is 308 g/mol. The number of piperidine rings is 1. The smallest absolute Gasteiger partial charge is 0.244 e. The molecule has 1 aliphatic carbocycles. The predicted molar refractivity (Wildman–Crippen MR) is 82.4 cm³/mol. The number of rotatable bonds is 2. The van der Waals surface area contributed by atoms with Gasteiger partial charge in [0.15, 0.2) is 0 Å². The van der Waals surface area contributed by atoms with E-state index < -0.39 is 10.0 Å². The molecule has 4 nitrogen and oxygen atoms in total. The van der Waals surface area contributed by atoms with Crippen molar-refractivity contribution >= 4 is 21.6 Å². The first kappa shape index (κ1) is 14.9. The Morgan fingerprint density at radius 2 is 2.19 bits per heavy atom. The Morgan fingerprint density at radius 3 is 2.76 bits per heavy atom. The molecule has 1 aromatic rings. The quantitative estimate of drug-likeness (QED) is 0.844. The molecule has 2 atom stereocenters. The predicted octanol–water partition coefficient (Wildman–Crippen LogP) is 1.82. The van der Waals surface area contributed by atoms with Gasteiger partial charge in [-0.05, 0) is 43.4 Å². The van der Waals surface area contributed by atoms with Gasteiger partial charge in [0.05, 0.1) is 11.6 Å². The summed E-state index contributed by atoms with van der Waals surface area (Å²) >= 11 is 6.17. The number of hydrogen-bond donors (Lipinski definition) is 1. The van der Waals surface area contributed by atoms with Crippen LogP contribution in [0.5, 0.6) is 0 Å². The summed E-state index contributed by atoms with van der Waals surface area (Å²) in [6.07, 6.45) is 3.08. The van der Waals surface area contributed by atoms with Crippen LogP contribution in [0, 0.1) is 17.8 Å². The fourth-order valence-electron chi connectivity index (χ4n) is 3.24. The molecular formula is C15H17ClN2O2S. The highest BCUT2D eigenvalue weighted by Crippen LogP contribution is 2.41. The summed E-state index contributed by atoms with van der Waals surface area (Å²) in [5.41, 5.74) is 6.00. The highest BCUT2D eigenvalue weighted by molar-refractivity contribution is 7.89. The van der Waals surface area contributed by atoms with E-state index in [-0.39, 0.29) is 22.5 Å². The maximum atomic E-state index is 12.8. The lowest BCUT2D eigenvalue weighted by molar-refractivity contribution is 0.333. The third-order valence-electron chi connectivity index (χ3n) is 4.21. The van der Waals surface area contributed by atoms with Crippen molar-refractivity contribution in [1.82, 2.24) is 4.31 Å². The third-order valence-corrected chi connectivity index (χ3v) is 6.61. The number of hydrogen-bond acceptors (Lipinski definition) is 3. The standard InChI is InChI=1S/C15H17ClN2O2S/c16-14-9-11(2-1-7-17)4-6-15(14)21(19,20)18-10-12-3-5-13(18)8-12/h4,6,9,12-13H,3,5,7-8,10,17H2. The number of halogens is 1. The van der Waals surface area contributed by atoms with Gasteiger partial charge in [0.25, 0.3) is 0 Å². The number of nitrogens with two attached hydrogens (primary N) is 1. The second kappa shape index (κ2) is 5.62. The van der Waals surface area contributed by atoms with Gasteiger partial charge in [0, 0.05) is 18.2 Å². The zero-order valence-corrected chi connectivity index (χ0v) is 13.1. The molecule has 0 aromatic heterocycles. The first-order chi connectivity index (χ1) is 10.0. The van der Waals surface area contributed by atoms with Crippen LogP contribution in [-0.2, 0) is 10.0 Å². The Hall–Kier alpha value is -1.06. The van der Waals surface area contributed by atoms with Crippen molar-refractivity contribution in [3.05, 3.63) is 28.8 Å². The van der Waals surface area contributed by atoms with Gasteiger partial charge in [-0.2, -0.15) is 4.31 Å². The lowest BCUT2D eigenvalue weighted by Crippen LogP contribution is -2.37. The molecule has 1 aromatic carbocycles. The summed E-state index contributed by atoms with van der Waals surface area (Å²) in [5.74, 6) is 6.09. The second-order valence-corrected chi connectivity index (χ2v) is 7.82. The van der Waals surface area contributed by atoms with Gasteiger partial charge >= 0.3 is 0 Å². The van der Waals surface area contributed by atoms with Crippen LogP contribution >= 0.6 is 11.6 Å². The van der Waals surface area contributed by atoms with Crippen molar-refractivity contribution in [3.63, 3.8) is 0 Å². The zero-order chi connectivity index (χ0) is 15.0. The minimum absolute atomic E-state index is 0.146. The van der Waals surface area contributed by atoms with Gasteiger partial charge < -0.3 is 5.73 Å². The minimum Gasteiger partial charge on any atom is -0.320 e. The Balaban J connectivity index is 1.92. The Kier molecular flexibility index (Phi) is 3.98. The Bertz CT molecular complexity index is 721. The number of benzene rings is 1. The van der Waals surface area contributed by atoms with E-state index in [1.165, 1.54) is 0 Å². The average Bonchev–Trinajstić information content (AvgIpc) is 3.07. The Morgan fingerprint density at radius 1 is 1.38 bits per heavy atom. The summed E-state index contributed by atoms with van der Waals surface area (Å²) in [7, 11) is -3.51. The topological polar surface area (TPSA) is 63.4 Å². The number of sulfonamides is 1. The maximum Gasteiger partial charge on any atom is 0.244 e. The molecule has 112 valence electrons. The van der Waals surface area contributed by atoms with Crippen molar-refractivity contribution in [2.75, 3.05) is 13.1 Å². The molecule has 0 radical (unpaired) electrons. The van der Waals surface area contributed by atoms with E-state index in [0.29, 0.717) is 18.0 Å². The van der Waals surface area contributed by atoms with Crippen LogP contribution < -0.4 is 5.73 Å². The van der Waals surface area contributed by atoms with E-state index in [1.807, 2.05) is 0 Å². The first-order valence-corrected chi connectivity index (χ1v) is 8.84. The fraction of sp³-hybridized carbons (Fsp3) is 0.467. The third kappa shape index (κ3) is 2.69. The van der Waals surface area contributed by atoms with Crippen molar-refractivity contribution < 1.29 is 8.42 Å². The van der Waals surface area contributed by atoms with Gasteiger partial charge in [-0.1, -0.05) is 23.4 Å². The van der Waals surface area contributed by atoms with E-state index in [4.69, 9.17) is 17.3 Å². The van der Waals surface area contributed by atoms with Crippen LogP contribution in [0.25, 0.3) is 0 Å². The van der Waals surface area contributed by atoms with Crippen molar-refractivity contribution in [2.24, 2.45) is 11.7 Å². The highest BCUT2D eigenvalue weighted by atomic mass is 35.5. The molecule has 2 N–H and O–H groups in total. The largest absolute Gasteiger partial charge is 0.320 e. The van der Waals surface area contributed by atoms with Crippen LogP contribution in [-0.4, -0.2) is 31.9 Å². The van der Waals surface area contributed by atoms with Crippen LogP contribution in [0.4, 0.5) is 0 Å². The van der Waals surface area contributed by atoms with Crippen LogP contribution in [0.3, 0.4) is 0 Å². The van der Waals surface area contributed by atoms with Crippen LogP contribution in [0.2, 0.25) is 5.02 Å². The van der Waals surface area contributed by atoms with Gasteiger partial charge in [0.1, 0.15) is 4.90 Å². The van der Waals surface area contributed by atoms with Gasteiger partial charge in [-0.3, -0.25) is 0 Å². The van der Waals surface area contributed by atoms with Crippen LogP contribution in [0.1, 0.15) is 24.8 Å². The van der Waals surface area contributed by atoms with Crippen molar-refractivity contribution in [3.8, 4) is 11.8 Å². The number of nitrogens with zero attached hydrogens (tertiary/aromatic N) is 1. The summed E-state index contributed by atoms with van der Waals surface area (Å²) < 4.78 is 27.1. The minimum atomic E-state index is -3.51. The number of fused-ring (bicyclic) bond motifs is 2. The van der Waals surface area contributed by atoms with E-state index >= 15 is 0 Å². The van der Waals surface area contributed by atoms with Gasteiger partial charge in [0.2, 0.25) is 10.0 Å². The molecule has 1 saturated heterocycles. The monoisotopic (exact) mass is 324 g/mol. The summed E-state index contributed by atoms with van der Waals surface area (Å²) in [6.45, 7) is 0.882. The maximum absolute atomic E-state index is 12.8. The van der Waals surface area contributed by atoms with Crippen molar-refractivity contribution in [1.29, 1.82) is 0 Å². The lowest BCUT2D eigenvalue weighted by Gasteiger charge is -2.26. The Labute approximate surface area is 130 Å². The zero-order valence-electron chi connectivity index (χ0n) is 11.5. The molecule has 2 bridgehead atoms. The molecule has 1 aliphatic heterocycles. The molecule has 6 heteroatoms. The normalized spacial score (nSPS) is 24.9. The lowest BCUT2D eigenvalue weighted by atomic mass is 10.1. The summed E-state index contributed by atoms with van der Waals surface area (Å²) in [5, 5.41) is 0.224. The van der Waals surface area contributed by atoms with Crippen LogP contribution in [0.15, 0.2) is 23.1 Å². The summed E-state index contributed by atoms with van der Waals surface area (Å²) in [4.78, 5) is 0.176. The van der Waals surface area contributed by atoms with E-state index in [9.17, 15) is 8.42 Å². The first-order valence-electron chi connectivity index (χ1n) is 7.02. The molecule has 3 rings (SSSR count). The second-order valence-electron chi connectivity index (χ2n) is 5.56. The van der Waals surface area contributed by atoms with Crippen molar-refractivity contribution in [2.45, 2.75) is 30.2 Å². The molecule has 1 heterocycles. The molecule has 21 heavy (non-hydrogen) atoms. The van der Waals surface area contributed by atoms with E-state index in [1.54, 1.807) is 22.5 Å². The van der Waals surface area contributed by atoms with E-state index in [2.05, 4.69) is 11.8 Å². The highest BCUT2D eigenvalue weighted by Gasteiger charge is 2.44. The SMILES string of the molecule is NCC#Cc1ccc(S(=O)(=O)N2CC3CCC2C3)c(Cl)c1. The summed E-state index contributed by atoms with van der Waals surface area (Å²) in [6, 6.07) is 4.96.